The van der Waals surface area contributed by atoms with Gasteiger partial charge in [-0.1, -0.05) is 20.4 Å². The summed E-state index contributed by atoms with van der Waals surface area (Å²) in [5.41, 5.74) is -3.35. The van der Waals surface area contributed by atoms with E-state index in [0.717, 1.165) is 0 Å². The fourth-order valence-electron chi connectivity index (χ4n) is 1.06. The summed E-state index contributed by atoms with van der Waals surface area (Å²) in [4.78, 5) is 34.1. The minimum atomic E-state index is -5.16. The topological polar surface area (TPSA) is 78.9 Å². The summed E-state index contributed by atoms with van der Waals surface area (Å²) >= 11 is 0. The number of halogens is 3. The van der Waals surface area contributed by atoms with Crippen LogP contribution in [0.15, 0.2) is 12.2 Å². The average molecular weight is 340 g/mol. The van der Waals surface area contributed by atoms with Crippen LogP contribution in [-0.2, 0) is 28.6 Å². The smallest absolute Gasteiger partial charge is 0.439 e. The number of hydrogen-bond acceptors (Lipinski definition) is 6. The third kappa shape index (κ3) is 5.91. The summed E-state index contributed by atoms with van der Waals surface area (Å²) in [5.74, 6) is -4.63. The molecule has 0 amide bonds. The predicted octanol–water partition coefficient (Wildman–Crippen LogP) is 2.17. The van der Waals surface area contributed by atoms with E-state index in [1.807, 2.05) is 0 Å². The van der Waals surface area contributed by atoms with Crippen LogP contribution in [0.25, 0.3) is 0 Å². The first-order chi connectivity index (χ1) is 10.3. The van der Waals surface area contributed by atoms with Crippen molar-refractivity contribution in [1.82, 2.24) is 0 Å². The molecule has 0 spiro atoms. The molecule has 0 aliphatic rings. The van der Waals surface area contributed by atoms with Gasteiger partial charge in [0, 0.05) is 5.57 Å². The number of esters is 3. The Kier molecular flexibility index (Phi) is 7.26. The van der Waals surface area contributed by atoms with Crippen molar-refractivity contribution in [3.8, 4) is 0 Å². The van der Waals surface area contributed by atoms with Gasteiger partial charge in [-0.2, -0.15) is 13.2 Å². The molecule has 0 saturated heterocycles. The van der Waals surface area contributed by atoms with Crippen LogP contribution in [0.4, 0.5) is 13.2 Å². The van der Waals surface area contributed by atoms with Crippen LogP contribution in [0.2, 0.25) is 0 Å². The van der Waals surface area contributed by atoms with Gasteiger partial charge in [0.15, 0.2) is 0 Å². The summed E-state index contributed by atoms with van der Waals surface area (Å²) in [5, 5.41) is 0. The standard InChI is InChI=1S/C14H19F3O6/c1-8(2)10(18)21-6-7-22-12(20)13(5,14(15,16)17)23-11(19)9(3)4/h9H,1,6-7H2,2-5H3. The molecule has 1 atom stereocenters. The lowest BCUT2D eigenvalue weighted by atomic mass is 10.1. The van der Waals surface area contributed by atoms with Crippen molar-refractivity contribution < 1.29 is 41.8 Å². The van der Waals surface area contributed by atoms with Crippen LogP contribution in [0, 0.1) is 5.92 Å². The Hall–Kier alpha value is -2.06. The zero-order chi connectivity index (χ0) is 18.4. The van der Waals surface area contributed by atoms with Gasteiger partial charge in [0.25, 0.3) is 5.60 Å². The van der Waals surface area contributed by atoms with Crippen LogP contribution in [0.5, 0.6) is 0 Å². The number of ether oxygens (including phenoxy) is 3. The third-order valence-electron chi connectivity index (χ3n) is 2.60. The van der Waals surface area contributed by atoms with E-state index in [2.05, 4.69) is 20.8 Å². The second kappa shape index (κ2) is 7.98. The van der Waals surface area contributed by atoms with Gasteiger partial charge >= 0.3 is 24.1 Å². The van der Waals surface area contributed by atoms with Crippen molar-refractivity contribution in [3.05, 3.63) is 12.2 Å². The van der Waals surface area contributed by atoms with Gasteiger partial charge in [-0.25, -0.2) is 9.59 Å². The molecule has 0 rings (SSSR count). The van der Waals surface area contributed by atoms with Crippen LogP contribution < -0.4 is 0 Å². The van der Waals surface area contributed by atoms with Crippen molar-refractivity contribution in [2.75, 3.05) is 13.2 Å². The van der Waals surface area contributed by atoms with Crippen LogP contribution in [0.1, 0.15) is 27.7 Å². The summed E-state index contributed by atoms with van der Waals surface area (Å²) in [6.45, 7) is 6.64. The van der Waals surface area contributed by atoms with Gasteiger partial charge in [-0.3, -0.25) is 4.79 Å². The number of carbonyl (C=O) groups excluding carboxylic acids is 3. The van der Waals surface area contributed by atoms with Gasteiger partial charge in [-0.15, -0.1) is 0 Å². The summed E-state index contributed by atoms with van der Waals surface area (Å²) < 4.78 is 52.4. The lowest BCUT2D eigenvalue weighted by Crippen LogP contribution is -2.54. The van der Waals surface area contributed by atoms with Crippen LogP contribution in [-0.4, -0.2) is 42.9 Å². The van der Waals surface area contributed by atoms with Gasteiger partial charge in [0.1, 0.15) is 13.2 Å². The number of hydrogen-bond donors (Lipinski definition) is 0. The second-order valence-electron chi connectivity index (χ2n) is 5.16. The maximum atomic E-state index is 13.0. The van der Waals surface area contributed by atoms with Gasteiger partial charge in [0.05, 0.1) is 5.92 Å². The number of alkyl halides is 3. The van der Waals surface area contributed by atoms with Gasteiger partial charge < -0.3 is 14.2 Å². The van der Waals surface area contributed by atoms with Crippen LogP contribution in [0.3, 0.4) is 0 Å². The van der Waals surface area contributed by atoms with E-state index in [0.29, 0.717) is 6.92 Å². The van der Waals surface area contributed by atoms with Crippen molar-refractivity contribution in [2.24, 2.45) is 5.92 Å². The molecule has 0 fully saturated rings. The minimum absolute atomic E-state index is 0.0855. The van der Waals surface area contributed by atoms with Gasteiger partial charge in [-0.05, 0) is 13.8 Å². The van der Waals surface area contributed by atoms with Crippen molar-refractivity contribution >= 4 is 17.9 Å². The highest BCUT2D eigenvalue weighted by molar-refractivity contribution is 5.87. The first kappa shape index (κ1) is 20.9. The van der Waals surface area contributed by atoms with E-state index < -0.39 is 48.8 Å². The zero-order valence-corrected chi connectivity index (χ0v) is 13.3. The molecule has 0 radical (unpaired) electrons. The third-order valence-corrected chi connectivity index (χ3v) is 2.60. The fraction of sp³-hybridized carbons (Fsp3) is 0.643. The Morgan fingerprint density at radius 1 is 1.09 bits per heavy atom. The normalized spacial score (nSPS) is 13.9. The molecular weight excluding hydrogens is 321 g/mol. The Bertz CT molecular complexity index is 483. The van der Waals surface area contributed by atoms with Crippen molar-refractivity contribution in [1.29, 1.82) is 0 Å². The largest absolute Gasteiger partial charge is 0.459 e. The quantitative estimate of drug-likeness (QED) is 0.306. The predicted molar refractivity (Wildman–Crippen MR) is 72.1 cm³/mol. The molecule has 0 aromatic carbocycles. The van der Waals surface area contributed by atoms with E-state index in [1.165, 1.54) is 20.8 Å². The SMILES string of the molecule is C=C(C)C(=O)OCCOC(=O)C(C)(OC(=O)C(C)C)C(F)(F)F. The molecule has 0 aromatic heterocycles. The molecule has 0 bridgehead atoms. The van der Waals surface area contributed by atoms with E-state index in [9.17, 15) is 27.6 Å². The van der Waals surface area contributed by atoms with Crippen molar-refractivity contribution in [3.63, 3.8) is 0 Å². The zero-order valence-electron chi connectivity index (χ0n) is 13.3. The maximum absolute atomic E-state index is 13.0. The molecule has 0 heterocycles. The lowest BCUT2D eigenvalue weighted by Gasteiger charge is -2.29. The molecule has 6 nitrogen and oxygen atoms in total. The van der Waals surface area contributed by atoms with Crippen LogP contribution >= 0.6 is 0 Å². The Morgan fingerprint density at radius 3 is 1.96 bits per heavy atom. The van der Waals surface area contributed by atoms with Gasteiger partial charge in [0.2, 0.25) is 0 Å². The molecule has 0 aliphatic heterocycles. The molecule has 0 N–H and O–H groups in total. The molecule has 132 valence electrons. The molecule has 9 heteroatoms. The second-order valence-corrected chi connectivity index (χ2v) is 5.16. The highest BCUT2D eigenvalue weighted by atomic mass is 19.4. The lowest BCUT2D eigenvalue weighted by molar-refractivity contribution is -0.267. The Morgan fingerprint density at radius 2 is 1.57 bits per heavy atom. The molecule has 0 aliphatic carbocycles. The van der Waals surface area contributed by atoms with E-state index in [1.54, 1.807) is 0 Å². The first-order valence-corrected chi connectivity index (χ1v) is 6.62. The fourth-order valence-corrected chi connectivity index (χ4v) is 1.06. The highest BCUT2D eigenvalue weighted by Gasteiger charge is 2.62. The monoisotopic (exact) mass is 340 g/mol. The summed E-state index contributed by atoms with van der Waals surface area (Å²) in [6.07, 6.45) is -5.16. The highest BCUT2D eigenvalue weighted by Crippen LogP contribution is 2.35. The van der Waals surface area contributed by atoms with E-state index in [4.69, 9.17) is 0 Å². The molecule has 0 aromatic rings. The molecular formula is C14H19F3O6. The summed E-state index contributed by atoms with van der Waals surface area (Å²) in [7, 11) is 0. The molecule has 1 unspecified atom stereocenters. The average Bonchev–Trinajstić information content (AvgIpc) is 2.41. The van der Waals surface area contributed by atoms with E-state index >= 15 is 0 Å². The molecule has 0 saturated carbocycles. The van der Waals surface area contributed by atoms with E-state index in [-0.39, 0.29) is 5.57 Å². The Labute approximate surface area is 131 Å². The maximum Gasteiger partial charge on any atom is 0.439 e. The first-order valence-electron chi connectivity index (χ1n) is 6.62. The Balaban J connectivity index is 4.81. The number of rotatable bonds is 7. The van der Waals surface area contributed by atoms with Crippen molar-refractivity contribution in [2.45, 2.75) is 39.5 Å². The molecule has 23 heavy (non-hydrogen) atoms. The number of carbonyl (C=O) groups is 3. The minimum Gasteiger partial charge on any atom is -0.459 e. The summed E-state index contributed by atoms with van der Waals surface area (Å²) in [6, 6.07) is 0.